The molecule has 3 N–H and O–H groups in total. The van der Waals surface area contributed by atoms with Gasteiger partial charge in [0.1, 0.15) is 0 Å². The summed E-state index contributed by atoms with van der Waals surface area (Å²) in [4.78, 5) is 10.6. The van der Waals surface area contributed by atoms with E-state index in [0.717, 1.165) is 0 Å². The van der Waals surface area contributed by atoms with Crippen LogP contribution in [-0.4, -0.2) is 54.5 Å². The molecule has 0 saturated heterocycles. The van der Waals surface area contributed by atoms with Crippen molar-refractivity contribution in [2.45, 2.75) is 12.5 Å². The summed E-state index contributed by atoms with van der Waals surface area (Å²) in [7, 11) is 0. The van der Waals surface area contributed by atoms with Gasteiger partial charge in [-0.3, -0.25) is 0 Å². The summed E-state index contributed by atoms with van der Waals surface area (Å²) in [6, 6.07) is 6.06. The van der Waals surface area contributed by atoms with E-state index in [1.165, 1.54) is 12.1 Å². The molecule has 0 saturated carbocycles. The Morgan fingerprint density at radius 3 is 2.60 bits per heavy atom. The Labute approximate surface area is 107 Å². The first-order valence-electron chi connectivity index (χ1n) is 4.27. The molecule has 0 heterocycles. The molecule has 5 heteroatoms. The maximum atomic E-state index is 10.6. The van der Waals surface area contributed by atoms with E-state index in [2.05, 4.69) is 0 Å². The number of carboxylic acid groups (broad SMARTS) is 1. The number of aliphatic hydroxyl groups excluding tert-OH is 2. The normalized spacial score (nSPS) is 11.6. The van der Waals surface area contributed by atoms with Crippen molar-refractivity contribution in [1.29, 1.82) is 0 Å². The molecule has 1 atom stereocenters. The Balaban J connectivity index is 0.00000196. The molecule has 0 bridgehead atoms. The molecule has 0 aliphatic heterocycles. The Kier molecular flexibility index (Phi) is 6.67. The number of hydrogen-bond acceptors (Lipinski definition) is 3. The van der Waals surface area contributed by atoms with Crippen molar-refractivity contribution in [2.75, 3.05) is 6.61 Å². The molecular formula is C10H14O4Po. The van der Waals surface area contributed by atoms with Gasteiger partial charge in [-0.2, -0.15) is 0 Å². The van der Waals surface area contributed by atoms with Crippen molar-refractivity contribution in [3.63, 3.8) is 0 Å². The second kappa shape index (κ2) is 6.89. The Hall–Kier alpha value is -0.494. The average Bonchev–Trinajstić information content (AvgIpc) is 2.18. The van der Waals surface area contributed by atoms with Crippen molar-refractivity contribution in [3.8, 4) is 0 Å². The van der Waals surface area contributed by atoms with Crippen LogP contribution in [0.5, 0.6) is 0 Å². The molecule has 1 unspecified atom stereocenters. The molecular weight excluding hydrogens is 393 g/mol. The third-order valence-electron chi connectivity index (χ3n) is 1.92. The van der Waals surface area contributed by atoms with Gasteiger partial charge in [0, 0.05) is 13.0 Å². The van der Waals surface area contributed by atoms with Crippen LogP contribution in [0, 0.1) is 0 Å². The van der Waals surface area contributed by atoms with Crippen molar-refractivity contribution in [2.24, 2.45) is 0 Å². The summed E-state index contributed by atoms with van der Waals surface area (Å²) in [6.07, 6.45) is -0.595. The van der Waals surface area contributed by atoms with E-state index in [-0.39, 0.29) is 45.2 Å². The molecule has 15 heavy (non-hydrogen) atoms. The molecule has 0 amide bonds. The summed E-state index contributed by atoms with van der Waals surface area (Å²) in [6.45, 7) is -0.127. The third kappa shape index (κ3) is 4.25. The fourth-order valence-electron chi connectivity index (χ4n) is 1.17. The quantitative estimate of drug-likeness (QED) is 0.651. The standard InChI is InChI=1S/C10H12O4.Po.2H/c11-5-4-9(12)7-2-1-3-8(6-7)10(13)14;;;/h1-3,6,9,11-12H,4-5H2,(H,13,14);;;. The second-order valence-corrected chi connectivity index (χ2v) is 2.96. The van der Waals surface area contributed by atoms with Gasteiger partial charge in [-0.05, 0) is 17.7 Å². The summed E-state index contributed by atoms with van der Waals surface area (Å²) >= 11 is 0. The predicted octanol–water partition coefficient (Wildman–Crippen LogP) is -0.116. The average molecular weight is 407 g/mol. The van der Waals surface area contributed by atoms with Crippen LogP contribution in [0.15, 0.2) is 24.3 Å². The summed E-state index contributed by atoms with van der Waals surface area (Å²) < 4.78 is 0. The SMILES string of the molecule is O=C(O)c1cccc(C(O)CCO)c1.[PoH2]. The molecule has 0 spiro atoms. The van der Waals surface area contributed by atoms with E-state index in [9.17, 15) is 9.90 Å². The van der Waals surface area contributed by atoms with Crippen molar-refractivity contribution in [3.05, 3.63) is 35.4 Å². The van der Waals surface area contributed by atoms with Gasteiger partial charge in [-0.25, -0.2) is 4.79 Å². The number of aromatic carboxylic acids is 1. The zero-order valence-corrected chi connectivity index (χ0v) is 11.9. The van der Waals surface area contributed by atoms with Crippen LogP contribution < -0.4 is 0 Å². The first-order chi connectivity index (χ1) is 6.65. The van der Waals surface area contributed by atoms with E-state index in [1.807, 2.05) is 0 Å². The molecule has 84 valence electrons. The van der Waals surface area contributed by atoms with Crippen LogP contribution in [-0.2, 0) is 0 Å². The van der Waals surface area contributed by atoms with Crippen molar-refractivity contribution in [1.82, 2.24) is 0 Å². The molecule has 1 aromatic carbocycles. The Bertz CT molecular complexity index is 327. The third-order valence-corrected chi connectivity index (χ3v) is 1.92. The van der Waals surface area contributed by atoms with Crippen molar-refractivity contribution >= 4 is 32.5 Å². The fourth-order valence-corrected chi connectivity index (χ4v) is 1.17. The number of benzene rings is 1. The molecule has 4 nitrogen and oxygen atoms in total. The van der Waals surface area contributed by atoms with Crippen LogP contribution in [0.3, 0.4) is 0 Å². The van der Waals surface area contributed by atoms with Crippen LogP contribution in [0.2, 0.25) is 0 Å². The van der Waals surface area contributed by atoms with Crippen LogP contribution in [0.4, 0.5) is 0 Å². The molecule has 0 fully saturated rings. The Morgan fingerprint density at radius 2 is 2.07 bits per heavy atom. The van der Waals surface area contributed by atoms with Gasteiger partial charge in [0.15, 0.2) is 0 Å². The monoisotopic (exact) mass is 407 g/mol. The minimum absolute atomic E-state index is 0. The van der Waals surface area contributed by atoms with Gasteiger partial charge >= 0.3 is 32.5 Å². The first-order valence-corrected chi connectivity index (χ1v) is 4.27. The van der Waals surface area contributed by atoms with Crippen molar-refractivity contribution < 1.29 is 20.1 Å². The molecule has 0 radical (unpaired) electrons. The number of rotatable bonds is 4. The van der Waals surface area contributed by atoms with E-state index in [4.69, 9.17) is 10.2 Å². The zero-order valence-electron chi connectivity index (χ0n) is 8.05. The number of carbonyl (C=O) groups is 1. The number of hydrogen-bond donors (Lipinski definition) is 3. The zero-order chi connectivity index (χ0) is 10.6. The van der Waals surface area contributed by atoms with Gasteiger partial charge in [0.2, 0.25) is 0 Å². The first kappa shape index (κ1) is 14.5. The van der Waals surface area contributed by atoms with Gasteiger partial charge < -0.3 is 15.3 Å². The van der Waals surface area contributed by atoms with E-state index in [0.29, 0.717) is 5.56 Å². The van der Waals surface area contributed by atoms with Crippen LogP contribution >= 0.6 is 0 Å². The van der Waals surface area contributed by atoms with E-state index >= 15 is 0 Å². The topological polar surface area (TPSA) is 77.8 Å². The molecule has 0 aliphatic rings. The number of aliphatic hydroxyl groups is 2. The van der Waals surface area contributed by atoms with Gasteiger partial charge in [-0.1, -0.05) is 12.1 Å². The van der Waals surface area contributed by atoms with Crippen LogP contribution in [0.1, 0.15) is 28.4 Å². The van der Waals surface area contributed by atoms with Gasteiger partial charge in [0.05, 0.1) is 11.7 Å². The van der Waals surface area contributed by atoms with Gasteiger partial charge in [0.25, 0.3) is 0 Å². The molecule has 1 aromatic rings. The predicted molar refractivity (Wildman–Crippen MR) is 58.6 cm³/mol. The minimum atomic E-state index is -1.02. The maximum absolute atomic E-state index is 10.6. The van der Waals surface area contributed by atoms with E-state index < -0.39 is 12.1 Å². The summed E-state index contributed by atoms with van der Waals surface area (Å²) in [5.74, 6) is -1.02. The Morgan fingerprint density at radius 1 is 1.40 bits per heavy atom. The molecule has 1 rings (SSSR count). The van der Waals surface area contributed by atoms with Gasteiger partial charge in [-0.15, -0.1) is 0 Å². The second-order valence-electron chi connectivity index (χ2n) is 2.96. The summed E-state index contributed by atoms with van der Waals surface area (Å²) in [5.41, 5.74) is 0.651. The molecule has 0 aromatic heterocycles. The fraction of sp³-hybridized carbons (Fsp3) is 0.300. The summed E-state index contributed by atoms with van der Waals surface area (Å²) in [5, 5.41) is 26.8. The van der Waals surface area contributed by atoms with Crippen LogP contribution in [0.25, 0.3) is 0 Å². The van der Waals surface area contributed by atoms with E-state index in [1.54, 1.807) is 12.1 Å². The number of carboxylic acids is 1. The molecule has 0 aliphatic carbocycles.